The predicted molar refractivity (Wildman–Crippen MR) is 61.6 cm³/mol. The van der Waals surface area contributed by atoms with E-state index in [1.807, 2.05) is 0 Å². The van der Waals surface area contributed by atoms with Crippen LogP contribution in [0, 0.1) is 15.9 Å². The van der Waals surface area contributed by atoms with Crippen LogP contribution in [-0.4, -0.2) is 26.5 Å². The molecule has 2 rings (SSSR count). The summed E-state index contributed by atoms with van der Waals surface area (Å²) in [6.45, 7) is 0.862. The lowest BCUT2D eigenvalue weighted by Gasteiger charge is -2.06. The van der Waals surface area contributed by atoms with Crippen molar-refractivity contribution < 1.29 is 9.31 Å². The molecule has 8 heteroatoms. The Morgan fingerprint density at radius 2 is 2.33 bits per heavy atom. The highest BCUT2D eigenvalue weighted by Gasteiger charge is 2.13. The molecule has 18 heavy (non-hydrogen) atoms. The van der Waals surface area contributed by atoms with Crippen LogP contribution in [0.15, 0.2) is 30.6 Å². The van der Waals surface area contributed by atoms with Crippen molar-refractivity contribution in [2.24, 2.45) is 0 Å². The maximum Gasteiger partial charge on any atom is 0.292 e. The zero-order valence-electron chi connectivity index (χ0n) is 9.28. The number of anilines is 1. The largest absolute Gasteiger partial charge is 0.378 e. The Morgan fingerprint density at radius 3 is 3.00 bits per heavy atom. The first-order valence-electron chi connectivity index (χ1n) is 5.19. The standard InChI is InChI=1S/C10H10FN5O2/c11-8-1-2-10(16(17)18)9(7-8)12-3-5-15-6-4-13-14-15/h1-2,4,6-7,12H,3,5H2. The molecule has 0 aliphatic carbocycles. The molecule has 0 unspecified atom stereocenters. The lowest BCUT2D eigenvalue weighted by molar-refractivity contribution is -0.384. The number of nitrogens with one attached hydrogen (secondary N) is 1. The van der Waals surface area contributed by atoms with Crippen LogP contribution >= 0.6 is 0 Å². The maximum absolute atomic E-state index is 13.0. The van der Waals surface area contributed by atoms with Gasteiger partial charge < -0.3 is 5.32 Å². The average Bonchev–Trinajstić information content (AvgIpc) is 2.82. The predicted octanol–water partition coefficient (Wildman–Crippen LogP) is 1.44. The molecule has 94 valence electrons. The van der Waals surface area contributed by atoms with Crippen LogP contribution in [0.4, 0.5) is 15.8 Å². The molecule has 0 saturated carbocycles. The van der Waals surface area contributed by atoms with E-state index < -0.39 is 10.7 Å². The molecule has 1 N–H and O–H groups in total. The highest BCUT2D eigenvalue weighted by atomic mass is 19.1. The van der Waals surface area contributed by atoms with Crippen molar-refractivity contribution in [2.45, 2.75) is 6.54 Å². The number of nitro groups is 1. The van der Waals surface area contributed by atoms with Gasteiger partial charge in [0, 0.05) is 24.9 Å². The first-order valence-corrected chi connectivity index (χ1v) is 5.19. The van der Waals surface area contributed by atoms with Crippen molar-refractivity contribution in [2.75, 3.05) is 11.9 Å². The Balaban J connectivity index is 2.03. The second-order valence-electron chi connectivity index (χ2n) is 3.51. The van der Waals surface area contributed by atoms with E-state index in [-0.39, 0.29) is 11.4 Å². The van der Waals surface area contributed by atoms with Gasteiger partial charge in [-0.1, -0.05) is 5.21 Å². The monoisotopic (exact) mass is 251 g/mol. The molecule has 0 spiro atoms. The quantitative estimate of drug-likeness (QED) is 0.641. The number of benzene rings is 1. The van der Waals surface area contributed by atoms with E-state index in [0.717, 1.165) is 18.2 Å². The summed E-state index contributed by atoms with van der Waals surface area (Å²) >= 11 is 0. The van der Waals surface area contributed by atoms with Gasteiger partial charge in [0.25, 0.3) is 5.69 Å². The SMILES string of the molecule is O=[N+]([O-])c1ccc(F)cc1NCCn1ccnn1. The smallest absolute Gasteiger partial charge is 0.292 e. The second-order valence-corrected chi connectivity index (χ2v) is 3.51. The number of hydrogen-bond donors (Lipinski definition) is 1. The van der Waals surface area contributed by atoms with Crippen LogP contribution in [0.2, 0.25) is 0 Å². The minimum atomic E-state index is -0.558. The molecular weight excluding hydrogens is 241 g/mol. The Morgan fingerprint density at radius 1 is 1.50 bits per heavy atom. The number of rotatable bonds is 5. The minimum absolute atomic E-state index is 0.153. The normalized spacial score (nSPS) is 10.3. The third-order valence-electron chi connectivity index (χ3n) is 2.28. The molecule has 0 fully saturated rings. The molecule has 0 aliphatic heterocycles. The Labute approximate surface area is 101 Å². The summed E-state index contributed by atoms with van der Waals surface area (Å²) in [4.78, 5) is 10.2. The Kier molecular flexibility index (Phi) is 3.46. The van der Waals surface area contributed by atoms with E-state index in [4.69, 9.17) is 0 Å². The first kappa shape index (κ1) is 12.0. The van der Waals surface area contributed by atoms with Crippen molar-refractivity contribution in [3.63, 3.8) is 0 Å². The number of nitro benzene ring substituents is 1. The Hall–Kier alpha value is -2.51. The van der Waals surface area contributed by atoms with Crippen molar-refractivity contribution in [1.29, 1.82) is 0 Å². The third-order valence-corrected chi connectivity index (χ3v) is 2.28. The van der Waals surface area contributed by atoms with Gasteiger partial charge in [0.15, 0.2) is 0 Å². The molecule has 0 bridgehead atoms. The molecular formula is C10H10FN5O2. The summed E-state index contributed by atoms with van der Waals surface area (Å²) < 4.78 is 14.6. The number of aromatic nitrogens is 3. The average molecular weight is 251 g/mol. The maximum atomic E-state index is 13.0. The topological polar surface area (TPSA) is 85.9 Å². The van der Waals surface area contributed by atoms with E-state index >= 15 is 0 Å². The van der Waals surface area contributed by atoms with Gasteiger partial charge in [-0.25, -0.2) is 4.39 Å². The van der Waals surface area contributed by atoms with Gasteiger partial charge in [0.05, 0.1) is 17.7 Å². The van der Waals surface area contributed by atoms with E-state index in [2.05, 4.69) is 15.6 Å². The summed E-state index contributed by atoms with van der Waals surface area (Å²) in [5.41, 5.74) is -0.00453. The summed E-state index contributed by atoms with van der Waals surface area (Å²) in [6, 6.07) is 3.29. The zero-order valence-corrected chi connectivity index (χ0v) is 9.28. The van der Waals surface area contributed by atoms with Crippen LogP contribution < -0.4 is 5.32 Å². The number of halogens is 1. The van der Waals surface area contributed by atoms with Crippen LogP contribution in [0.5, 0.6) is 0 Å². The van der Waals surface area contributed by atoms with Crippen LogP contribution in [0.1, 0.15) is 0 Å². The molecule has 0 radical (unpaired) electrons. The molecule has 1 heterocycles. The molecule has 0 amide bonds. The van der Waals surface area contributed by atoms with Gasteiger partial charge in [-0.3, -0.25) is 14.8 Å². The van der Waals surface area contributed by atoms with Gasteiger partial charge in [-0.2, -0.15) is 0 Å². The van der Waals surface area contributed by atoms with Crippen molar-refractivity contribution in [1.82, 2.24) is 15.0 Å². The molecule has 0 saturated heterocycles. The lowest BCUT2D eigenvalue weighted by atomic mass is 10.2. The van der Waals surface area contributed by atoms with Crippen LogP contribution in [-0.2, 0) is 6.54 Å². The summed E-state index contributed by atoms with van der Waals surface area (Å²) in [5, 5.41) is 20.9. The fourth-order valence-corrected chi connectivity index (χ4v) is 1.47. The van der Waals surface area contributed by atoms with E-state index in [1.54, 1.807) is 10.9 Å². The highest BCUT2D eigenvalue weighted by molar-refractivity contribution is 5.61. The zero-order chi connectivity index (χ0) is 13.0. The second kappa shape index (κ2) is 5.21. The minimum Gasteiger partial charge on any atom is -0.378 e. The van der Waals surface area contributed by atoms with Gasteiger partial charge in [0.2, 0.25) is 0 Å². The molecule has 7 nitrogen and oxygen atoms in total. The van der Waals surface area contributed by atoms with E-state index in [1.165, 1.54) is 6.20 Å². The molecule has 0 atom stereocenters. The summed E-state index contributed by atoms with van der Waals surface area (Å²) in [6.07, 6.45) is 3.20. The fraction of sp³-hybridized carbons (Fsp3) is 0.200. The first-order chi connectivity index (χ1) is 8.66. The highest BCUT2D eigenvalue weighted by Crippen LogP contribution is 2.24. The summed E-state index contributed by atoms with van der Waals surface area (Å²) in [7, 11) is 0. The van der Waals surface area contributed by atoms with Crippen molar-refractivity contribution in [3.05, 3.63) is 46.5 Å². The lowest BCUT2D eigenvalue weighted by Crippen LogP contribution is -2.12. The van der Waals surface area contributed by atoms with E-state index in [0.29, 0.717) is 13.1 Å². The van der Waals surface area contributed by atoms with Gasteiger partial charge >= 0.3 is 0 Å². The number of hydrogen-bond acceptors (Lipinski definition) is 5. The van der Waals surface area contributed by atoms with Crippen LogP contribution in [0.3, 0.4) is 0 Å². The van der Waals surface area contributed by atoms with Gasteiger partial charge in [-0.15, -0.1) is 5.10 Å². The van der Waals surface area contributed by atoms with E-state index in [9.17, 15) is 14.5 Å². The molecule has 2 aromatic rings. The van der Waals surface area contributed by atoms with Crippen molar-refractivity contribution in [3.8, 4) is 0 Å². The third kappa shape index (κ3) is 2.78. The van der Waals surface area contributed by atoms with Gasteiger partial charge in [0.1, 0.15) is 11.5 Å². The Bertz CT molecular complexity index is 543. The fourth-order valence-electron chi connectivity index (χ4n) is 1.47. The number of nitrogens with zero attached hydrogens (tertiary/aromatic N) is 4. The molecule has 1 aromatic heterocycles. The molecule has 0 aliphatic rings. The molecule has 1 aromatic carbocycles. The van der Waals surface area contributed by atoms with Crippen molar-refractivity contribution >= 4 is 11.4 Å². The van der Waals surface area contributed by atoms with Gasteiger partial charge in [-0.05, 0) is 6.07 Å². The van der Waals surface area contributed by atoms with Crippen LogP contribution in [0.25, 0.3) is 0 Å². The summed E-state index contributed by atoms with van der Waals surface area (Å²) in [5.74, 6) is -0.524.